The van der Waals surface area contributed by atoms with E-state index in [-0.39, 0.29) is 5.91 Å². The number of amides is 1. The molecule has 0 saturated heterocycles. The van der Waals surface area contributed by atoms with Crippen LogP contribution in [0.3, 0.4) is 0 Å². The maximum Gasteiger partial charge on any atom is 0.243 e. The monoisotopic (exact) mass is 170 g/mol. The molecular formula is C9H18N2O. The summed E-state index contributed by atoms with van der Waals surface area (Å²) in [7, 11) is 0. The molecule has 0 aliphatic heterocycles. The molecule has 0 aromatic heterocycles. The Morgan fingerprint density at radius 3 is 2.08 bits per heavy atom. The van der Waals surface area contributed by atoms with Crippen molar-refractivity contribution in [3.8, 4) is 0 Å². The van der Waals surface area contributed by atoms with Crippen molar-refractivity contribution < 1.29 is 4.79 Å². The molecule has 0 fully saturated rings. The zero-order chi connectivity index (χ0) is 9.99. The van der Waals surface area contributed by atoms with Crippen LogP contribution in [0.2, 0.25) is 0 Å². The molecule has 0 radical (unpaired) electrons. The van der Waals surface area contributed by atoms with Gasteiger partial charge in [-0.2, -0.15) is 0 Å². The van der Waals surface area contributed by atoms with Gasteiger partial charge in [-0.15, -0.1) is 0 Å². The van der Waals surface area contributed by atoms with E-state index in [1.165, 1.54) is 6.08 Å². The summed E-state index contributed by atoms with van der Waals surface area (Å²) < 4.78 is 0. The summed E-state index contributed by atoms with van der Waals surface area (Å²) in [5.41, 5.74) is 4.98. The highest BCUT2D eigenvalue weighted by Crippen LogP contribution is 2.17. The Morgan fingerprint density at radius 2 is 1.83 bits per heavy atom. The largest absolute Gasteiger partial charge is 0.346 e. The van der Waals surface area contributed by atoms with Gasteiger partial charge < -0.3 is 11.1 Å². The highest BCUT2D eigenvalue weighted by atomic mass is 16.1. The second kappa shape index (κ2) is 3.27. The molecule has 0 heterocycles. The SMILES string of the molecule is C=CC(=O)NC(C)(C)C(C)(C)N. The molecule has 3 N–H and O–H groups in total. The molecule has 0 bridgehead atoms. The van der Waals surface area contributed by atoms with E-state index in [1.807, 2.05) is 27.7 Å². The number of hydrogen-bond donors (Lipinski definition) is 2. The molecule has 0 aliphatic carbocycles. The van der Waals surface area contributed by atoms with Gasteiger partial charge in [-0.25, -0.2) is 0 Å². The average molecular weight is 170 g/mol. The summed E-state index contributed by atoms with van der Waals surface area (Å²) >= 11 is 0. The van der Waals surface area contributed by atoms with Crippen LogP contribution >= 0.6 is 0 Å². The third-order valence-electron chi connectivity index (χ3n) is 2.23. The molecule has 0 aliphatic rings. The third kappa shape index (κ3) is 2.66. The average Bonchev–Trinajstić information content (AvgIpc) is 1.84. The quantitative estimate of drug-likeness (QED) is 0.616. The van der Waals surface area contributed by atoms with Crippen molar-refractivity contribution >= 4 is 5.91 Å². The Morgan fingerprint density at radius 1 is 1.42 bits per heavy atom. The van der Waals surface area contributed by atoms with Gasteiger partial charge in [0.15, 0.2) is 0 Å². The smallest absolute Gasteiger partial charge is 0.243 e. The Labute approximate surface area is 74.0 Å². The van der Waals surface area contributed by atoms with Crippen LogP contribution in [0.5, 0.6) is 0 Å². The zero-order valence-corrected chi connectivity index (χ0v) is 8.27. The molecule has 12 heavy (non-hydrogen) atoms. The summed E-state index contributed by atoms with van der Waals surface area (Å²) in [6.07, 6.45) is 1.24. The van der Waals surface area contributed by atoms with Gasteiger partial charge >= 0.3 is 0 Å². The van der Waals surface area contributed by atoms with Crippen molar-refractivity contribution in [2.75, 3.05) is 0 Å². The van der Waals surface area contributed by atoms with Gasteiger partial charge in [-0.1, -0.05) is 6.58 Å². The lowest BCUT2D eigenvalue weighted by molar-refractivity contribution is -0.118. The maximum absolute atomic E-state index is 11.0. The summed E-state index contributed by atoms with van der Waals surface area (Å²) in [6.45, 7) is 10.9. The molecule has 0 atom stereocenters. The van der Waals surface area contributed by atoms with E-state index >= 15 is 0 Å². The predicted molar refractivity (Wildman–Crippen MR) is 50.7 cm³/mol. The Hall–Kier alpha value is -0.830. The number of hydrogen-bond acceptors (Lipinski definition) is 2. The van der Waals surface area contributed by atoms with Gasteiger partial charge in [0.1, 0.15) is 0 Å². The second-order valence-corrected chi connectivity index (χ2v) is 4.04. The fraction of sp³-hybridized carbons (Fsp3) is 0.667. The van der Waals surface area contributed by atoms with E-state index in [4.69, 9.17) is 5.73 Å². The molecule has 3 heteroatoms. The van der Waals surface area contributed by atoms with Gasteiger partial charge in [0.25, 0.3) is 0 Å². The predicted octanol–water partition coefficient (Wildman–Crippen LogP) is 0.804. The Bertz CT molecular complexity index is 189. The van der Waals surface area contributed by atoms with E-state index in [0.717, 1.165) is 0 Å². The van der Waals surface area contributed by atoms with Crippen LogP contribution < -0.4 is 11.1 Å². The lowest BCUT2D eigenvalue weighted by Crippen LogP contribution is -2.62. The fourth-order valence-corrected chi connectivity index (χ4v) is 0.520. The first-order valence-corrected chi connectivity index (χ1v) is 3.94. The highest BCUT2D eigenvalue weighted by Gasteiger charge is 2.33. The topological polar surface area (TPSA) is 55.1 Å². The van der Waals surface area contributed by atoms with Crippen molar-refractivity contribution in [1.82, 2.24) is 5.32 Å². The summed E-state index contributed by atoms with van der Waals surface area (Å²) in [4.78, 5) is 11.0. The normalized spacial score (nSPS) is 12.4. The van der Waals surface area contributed by atoms with Crippen LogP contribution in [0.1, 0.15) is 27.7 Å². The van der Waals surface area contributed by atoms with Crippen LogP contribution in [0.15, 0.2) is 12.7 Å². The van der Waals surface area contributed by atoms with Crippen LogP contribution in [0, 0.1) is 0 Å². The van der Waals surface area contributed by atoms with E-state index in [2.05, 4.69) is 11.9 Å². The van der Waals surface area contributed by atoms with E-state index in [9.17, 15) is 4.79 Å². The molecule has 1 amide bonds. The minimum atomic E-state index is -0.453. The zero-order valence-electron chi connectivity index (χ0n) is 8.27. The summed E-state index contributed by atoms with van der Waals surface area (Å²) in [5.74, 6) is -0.196. The fourth-order valence-electron chi connectivity index (χ4n) is 0.520. The first kappa shape index (κ1) is 11.2. The van der Waals surface area contributed by atoms with Crippen molar-refractivity contribution in [2.24, 2.45) is 5.73 Å². The van der Waals surface area contributed by atoms with E-state index in [1.54, 1.807) is 0 Å². The number of nitrogens with one attached hydrogen (secondary N) is 1. The van der Waals surface area contributed by atoms with Gasteiger partial charge in [0, 0.05) is 5.54 Å². The van der Waals surface area contributed by atoms with E-state index in [0.29, 0.717) is 0 Å². The molecule has 0 aromatic rings. The van der Waals surface area contributed by atoms with Crippen LogP contribution in [0.25, 0.3) is 0 Å². The van der Waals surface area contributed by atoms with Gasteiger partial charge in [0.05, 0.1) is 5.54 Å². The molecule has 0 spiro atoms. The van der Waals surface area contributed by atoms with Crippen molar-refractivity contribution in [3.05, 3.63) is 12.7 Å². The van der Waals surface area contributed by atoms with Gasteiger partial charge in [-0.3, -0.25) is 4.79 Å². The Kier molecular flexibility index (Phi) is 3.04. The van der Waals surface area contributed by atoms with Gasteiger partial charge in [-0.05, 0) is 33.8 Å². The number of carbonyl (C=O) groups is 1. The molecule has 3 nitrogen and oxygen atoms in total. The van der Waals surface area contributed by atoms with Crippen molar-refractivity contribution in [1.29, 1.82) is 0 Å². The third-order valence-corrected chi connectivity index (χ3v) is 2.23. The molecule has 0 aromatic carbocycles. The number of carbonyl (C=O) groups excluding carboxylic acids is 1. The lowest BCUT2D eigenvalue weighted by Gasteiger charge is -2.38. The standard InChI is InChI=1S/C9H18N2O/c1-6-7(12)11-9(4,5)8(2,3)10/h6H,1,10H2,2-5H3,(H,11,12). The van der Waals surface area contributed by atoms with Crippen molar-refractivity contribution in [2.45, 2.75) is 38.8 Å². The molecule has 0 saturated carbocycles. The van der Waals surface area contributed by atoms with E-state index < -0.39 is 11.1 Å². The molecule has 0 unspecified atom stereocenters. The minimum absolute atomic E-state index is 0.196. The summed E-state index contributed by atoms with van der Waals surface area (Å²) in [5, 5.41) is 2.76. The summed E-state index contributed by atoms with van der Waals surface area (Å²) in [6, 6.07) is 0. The molecule has 0 rings (SSSR count). The van der Waals surface area contributed by atoms with Crippen molar-refractivity contribution in [3.63, 3.8) is 0 Å². The van der Waals surface area contributed by atoms with Gasteiger partial charge in [0.2, 0.25) is 5.91 Å². The van der Waals surface area contributed by atoms with Crippen LogP contribution in [-0.2, 0) is 4.79 Å². The van der Waals surface area contributed by atoms with Crippen LogP contribution in [0.4, 0.5) is 0 Å². The minimum Gasteiger partial charge on any atom is -0.346 e. The second-order valence-electron chi connectivity index (χ2n) is 4.04. The number of nitrogens with two attached hydrogens (primary N) is 1. The molecular weight excluding hydrogens is 152 g/mol. The molecule has 70 valence electrons. The lowest BCUT2D eigenvalue weighted by atomic mass is 9.83. The highest BCUT2D eigenvalue weighted by molar-refractivity contribution is 5.87. The van der Waals surface area contributed by atoms with Crippen LogP contribution in [-0.4, -0.2) is 17.0 Å². The number of rotatable bonds is 3. The Balaban J connectivity index is 4.43. The first-order chi connectivity index (χ1) is 5.20. The first-order valence-electron chi connectivity index (χ1n) is 3.94. The maximum atomic E-state index is 11.0.